The Morgan fingerprint density at radius 3 is 1.28 bits per heavy atom. The lowest BCUT2D eigenvalue weighted by molar-refractivity contribution is 0.0174. The van der Waals surface area contributed by atoms with Gasteiger partial charge in [0.1, 0.15) is 34.1 Å². The monoisotopic (exact) mass is 1190 g/mol. The van der Waals surface area contributed by atoms with E-state index in [4.69, 9.17) is 28.9 Å². The molecular weight excluding hydrogens is 1120 g/mol. The molecule has 0 bridgehead atoms. The first-order chi connectivity index (χ1) is 37.3. The van der Waals surface area contributed by atoms with Gasteiger partial charge in [-0.25, -0.2) is 28.9 Å². The lowest BCUT2D eigenvalue weighted by Gasteiger charge is -2.33. The molecular formula is C60H76Br2N10O6. The summed E-state index contributed by atoms with van der Waals surface area (Å²) in [5.41, 5.74) is 6.81. The summed E-state index contributed by atoms with van der Waals surface area (Å²) >= 11 is 6.96. The molecule has 16 nitrogen and oxygen atoms in total. The summed E-state index contributed by atoms with van der Waals surface area (Å²) in [6.45, 7) is 17.7. The highest BCUT2D eigenvalue weighted by Crippen LogP contribution is 2.41. The van der Waals surface area contributed by atoms with Gasteiger partial charge < -0.3 is 28.7 Å². The normalized spacial score (nSPS) is 17.3. The molecule has 2 saturated carbocycles. The van der Waals surface area contributed by atoms with E-state index in [-0.39, 0.29) is 24.3 Å². The Bertz CT molecular complexity index is 2950. The smallest absolute Gasteiger partial charge is 0.410 e. The van der Waals surface area contributed by atoms with E-state index >= 15 is 0 Å². The summed E-state index contributed by atoms with van der Waals surface area (Å²) in [6.07, 6.45) is 15.6. The molecule has 0 radical (unpaired) electrons. The van der Waals surface area contributed by atoms with Crippen LogP contribution in [0.2, 0.25) is 0 Å². The van der Waals surface area contributed by atoms with E-state index in [2.05, 4.69) is 70.7 Å². The lowest BCUT2D eigenvalue weighted by atomic mass is 9.80. The van der Waals surface area contributed by atoms with E-state index in [1.165, 1.54) is 75.3 Å². The van der Waals surface area contributed by atoms with Crippen LogP contribution in [-0.2, 0) is 9.47 Å². The Labute approximate surface area is 476 Å². The van der Waals surface area contributed by atoms with E-state index in [0.29, 0.717) is 55.5 Å². The number of ether oxygens (including phenoxy) is 4. The summed E-state index contributed by atoms with van der Waals surface area (Å²) in [5.74, 6) is 3.89. The van der Waals surface area contributed by atoms with E-state index in [9.17, 15) is 9.59 Å². The van der Waals surface area contributed by atoms with Crippen molar-refractivity contribution in [3.63, 3.8) is 0 Å². The van der Waals surface area contributed by atoms with Crippen LogP contribution in [0.25, 0.3) is 22.8 Å². The molecule has 2 saturated heterocycles. The molecule has 6 heterocycles. The van der Waals surface area contributed by atoms with Crippen LogP contribution in [0, 0.1) is 13.8 Å². The van der Waals surface area contributed by atoms with Gasteiger partial charge in [-0.1, -0.05) is 99.0 Å². The van der Waals surface area contributed by atoms with Crippen molar-refractivity contribution >= 4 is 44.0 Å². The van der Waals surface area contributed by atoms with Gasteiger partial charge in [0.15, 0.2) is 0 Å². The number of rotatable bonds is 10. The van der Waals surface area contributed by atoms with Crippen molar-refractivity contribution in [2.75, 3.05) is 26.2 Å². The van der Waals surface area contributed by atoms with Gasteiger partial charge in [-0.2, -0.15) is 0 Å². The number of hydrogen-bond donors (Lipinski definition) is 0. The van der Waals surface area contributed by atoms with Gasteiger partial charge in [-0.15, -0.1) is 10.2 Å². The molecule has 2 aromatic carbocycles. The van der Waals surface area contributed by atoms with Crippen LogP contribution in [0.1, 0.15) is 178 Å². The summed E-state index contributed by atoms with van der Waals surface area (Å²) < 4.78 is 29.4. The van der Waals surface area contributed by atoms with Crippen molar-refractivity contribution in [1.29, 1.82) is 0 Å². The maximum atomic E-state index is 12.6. The first kappa shape index (κ1) is 56.8. The Hall–Kier alpha value is -5.88. The number of carbonyl (C=O) groups is 2. The summed E-state index contributed by atoms with van der Waals surface area (Å²) in [5, 5.41) is 17.7. The zero-order valence-corrected chi connectivity index (χ0v) is 49.8. The van der Waals surface area contributed by atoms with Crippen LogP contribution in [-0.4, -0.2) is 99.3 Å². The van der Waals surface area contributed by atoms with Gasteiger partial charge in [-0.3, -0.25) is 0 Å². The number of carbonyl (C=O) groups excluding carboxylic acids is 2. The number of amides is 2. The summed E-state index contributed by atoms with van der Waals surface area (Å²) in [4.78, 5) is 38.3. The maximum absolute atomic E-state index is 12.6. The fraction of sp³-hybridized carbons (Fsp3) is 0.533. The molecule has 416 valence electrons. The van der Waals surface area contributed by atoms with E-state index < -0.39 is 11.2 Å². The van der Waals surface area contributed by atoms with Gasteiger partial charge in [0, 0.05) is 47.3 Å². The van der Waals surface area contributed by atoms with Crippen LogP contribution in [0.5, 0.6) is 23.3 Å². The van der Waals surface area contributed by atoms with Crippen LogP contribution in [0.15, 0.2) is 81.7 Å². The largest absolute Gasteiger partial charge is 0.444 e. The van der Waals surface area contributed by atoms with E-state index in [1.54, 1.807) is 9.80 Å². The molecule has 0 N–H and O–H groups in total. The number of aryl methyl sites for hydroxylation is 2. The minimum Gasteiger partial charge on any atom is -0.444 e. The molecule has 4 aliphatic rings. The van der Waals surface area contributed by atoms with E-state index in [0.717, 1.165) is 74.5 Å². The van der Waals surface area contributed by atoms with Crippen molar-refractivity contribution in [2.24, 2.45) is 0 Å². The topological polar surface area (TPSA) is 165 Å². The molecule has 2 amide bonds. The standard InChI is InChI=1S/C36H49N5O3.C24H27Br2N5O3/c1-25-34(41(39-38-25)30-18-20-40(21-19-30)35(42)44-36(2,3)4)32-16-11-17-33(37-32)43-31-23-28(26-12-7-5-8-13-26)22-29(24-31)27-14-9-6-10-15-27;1-15-22(20-6-5-7-21(27-20)33-19-13-16(25)12-17(26)14-19)31(29-28-15)18-8-10-30(11-9-18)23(32)34-24(2,3)4/h11,16-17,22-24,26-27,30H,5-10,12-15,18-21H2,1-4H3;5-7,12-14,18H,8-11H2,1-4H3. The first-order valence-electron chi connectivity index (χ1n) is 28.0. The number of aromatic nitrogens is 8. The summed E-state index contributed by atoms with van der Waals surface area (Å²) in [7, 11) is 0. The highest BCUT2D eigenvalue weighted by atomic mass is 79.9. The molecule has 0 atom stereocenters. The maximum Gasteiger partial charge on any atom is 0.410 e. The Kier molecular flexibility index (Phi) is 18.3. The van der Waals surface area contributed by atoms with Crippen LogP contribution in [0.4, 0.5) is 9.59 Å². The number of likely N-dealkylation sites (tertiary alicyclic amines) is 2. The second-order valence-electron chi connectivity index (χ2n) is 23.4. The average molecular weight is 1190 g/mol. The molecule has 4 aromatic heterocycles. The zero-order valence-electron chi connectivity index (χ0n) is 46.6. The molecule has 0 unspecified atom stereocenters. The quantitative estimate of drug-likeness (QED) is 0.128. The van der Waals surface area contributed by atoms with Crippen LogP contribution in [0.3, 0.4) is 0 Å². The third-order valence-corrected chi connectivity index (χ3v) is 15.9. The Morgan fingerprint density at radius 1 is 0.513 bits per heavy atom. The Balaban J connectivity index is 0.000000196. The molecule has 78 heavy (non-hydrogen) atoms. The fourth-order valence-electron chi connectivity index (χ4n) is 11.2. The molecule has 0 spiro atoms. The number of pyridine rings is 2. The molecule has 10 rings (SSSR count). The summed E-state index contributed by atoms with van der Waals surface area (Å²) in [6, 6.07) is 24.6. The first-order valence-corrected chi connectivity index (χ1v) is 29.6. The van der Waals surface area contributed by atoms with Crippen molar-refractivity contribution in [2.45, 2.75) is 180 Å². The van der Waals surface area contributed by atoms with Crippen molar-refractivity contribution in [3.05, 3.63) is 104 Å². The van der Waals surface area contributed by atoms with Crippen LogP contribution >= 0.6 is 31.9 Å². The van der Waals surface area contributed by atoms with Gasteiger partial charge in [0.25, 0.3) is 0 Å². The van der Waals surface area contributed by atoms with E-state index in [1.807, 2.05) is 119 Å². The predicted octanol–water partition coefficient (Wildman–Crippen LogP) is 15.6. The minimum absolute atomic E-state index is 0.113. The molecule has 4 fully saturated rings. The average Bonchev–Trinajstić information content (AvgIpc) is 4.00. The van der Waals surface area contributed by atoms with Crippen molar-refractivity contribution < 1.29 is 28.5 Å². The highest BCUT2D eigenvalue weighted by Gasteiger charge is 2.32. The van der Waals surface area contributed by atoms with Gasteiger partial charge in [0.05, 0.1) is 34.9 Å². The van der Waals surface area contributed by atoms with Crippen LogP contribution < -0.4 is 9.47 Å². The second kappa shape index (κ2) is 25.1. The second-order valence-corrected chi connectivity index (χ2v) is 25.2. The lowest BCUT2D eigenvalue weighted by Crippen LogP contribution is -2.42. The SMILES string of the molecule is Cc1nnn(C2CCN(C(=O)OC(C)(C)C)CC2)c1-c1cccc(Oc2cc(Br)cc(Br)c2)n1.Cc1nnn(C2CCN(C(=O)OC(C)(C)C)CC2)c1-c1cccc(Oc2cc(C3CCCCC3)cc(C3CCCCC3)c2)n1. The van der Waals surface area contributed by atoms with Gasteiger partial charge in [-0.05, 0) is 172 Å². The number of nitrogens with zero attached hydrogens (tertiary/aromatic N) is 10. The number of hydrogen-bond acceptors (Lipinski definition) is 12. The molecule has 2 aliphatic heterocycles. The minimum atomic E-state index is -0.505. The third kappa shape index (κ3) is 14.9. The third-order valence-electron chi connectivity index (χ3n) is 15.0. The number of piperidine rings is 2. The van der Waals surface area contributed by atoms with Crippen molar-refractivity contribution in [1.82, 2.24) is 49.8 Å². The Morgan fingerprint density at radius 2 is 0.897 bits per heavy atom. The number of benzene rings is 2. The van der Waals surface area contributed by atoms with Gasteiger partial charge in [0.2, 0.25) is 11.8 Å². The van der Waals surface area contributed by atoms with Crippen molar-refractivity contribution in [3.8, 4) is 46.0 Å². The number of halogens is 2. The molecule has 6 aromatic rings. The molecule has 18 heteroatoms. The zero-order chi connectivity index (χ0) is 55.1. The molecule has 2 aliphatic carbocycles. The fourth-order valence-corrected chi connectivity index (χ4v) is 12.4. The predicted molar refractivity (Wildman–Crippen MR) is 308 cm³/mol. The van der Waals surface area contributed by atoms with Gasteiger partial charge >= 0.3 is 12.2 Å². The highest BCUT2D eigenvalue weighted by molar-refractivity contribution is 9.11.